The second-order valence-corrected chi connectivity index (χ2v) is 6.84. The number of carbonyl (C=O) groups excluding carboxylic acids is 1. The molecule has 106 valence electrons. The number of nitrogens with zero attached hydrogens (tertiary/aromatic N) is 1. The van der Waals surface area contributed by atoms with Gasteiger partial charge in [-0.15, -0.1) is 11.3 Å². The molecule has 3 atom stereocenters. The monoisotopic (exact) mass is 345 g/mol. The lowest BCUT2D eigenvalue weighted by molar-refractivity contribution is -0.123. The number of carbonyl (C=O) groups is 1. The summed E-state index contributed by atoms with van der Waals surface area (Å²) in [7, 11) is 0. The van der Waals surface area contributed by atoms with Crippen LogP contribution in [-0.4, -0.2) is 29.4 Å². The lowest BCUT2D eigenvalue weighted by Crippen LogP contribution is -2.47. The highest BCUT2D eigenvalue weighted by Crippen LogP contribution is 2.36. The minimum Gasteiger partial charge on any atom is -0.368 e. The highest BCUT2D eigenvalue weighted by atomic mass is 79.9. The summed E-state index contributed by atoms with van der Waals surface area (Å²) >= 11 is 5.16. The smallest absolute Gasteiger partial charge is 0.234 e. The van der Waals surface area contributed by atoms with E-state index in [0.29, 0.717) is 0 Å². The fourth-order valence-electron chi connectivity index (χ4n) is 2.75. The molecule has 2 heterocycles. The molecule has 1 amide bonds. The third-order valence-electron chi connectivity index (χ3n) is 3.74. The van der Waals surface area contributed by atoms with Crippen LogP contribution in [0.1, 0.15) is 37.1 Å². The Kier molecular flexibility index (Phi) is 5.00. The maximum atomic E-state index is 11.6. The van der Waals surface area contributed by atoms with Crippen molar-refractivity contribution < 1.29 is 4.79 Å². The predicted molar refractivity (Wildman–Crippen MR) is 81.9 cm³/mol. The number of primary amides is 1. The van der Waals surface area contributed by atoms with Crippen molar-refractivity contribution in [3.05, 3.63) is 20.8 Å². The first-order chi connectivity index (χ1) is 9.04. The largest absolute Gasteiger partial charge is 0.368 e. The zero-order valence-electron chi connectivity index (χ0n) is 11.0. The molecule has 2 rings (SSSR count). The van der Waals surface area contributed by atoms with Crippen LogP contribution in [0.3, 0.4) is 0 Å². The number of nitrogens with two attached hydrogens (primary N) is 2. The Bertz CT molecular complexity index is 451. The first-order valence-electron chi connectivity index (χ1n) is 6.59. The molecule has 0 saturated carbocycles. The Morgan fingerprint density at radius 2 is 2.42 bits per heavy atom. The van der Waals surface area contributed by atoms with E-state index in [9.17, 15) is 4.79 Å². The summed E-state index contributed by atoms with van der Waals surface area (Å²) in [5.41, 5.74) is 11.8. The fourth-order valence-corrected chi connectivity index (χ4v) is 4.39. The van der Waals surface area contributed by atoms with Gasteiger partial charge in [-0.1, -0.05) is 6.92 Å². The molecule has 1 fully saturated rings. The SMILES string of the molecule is CCC(N)C(c1cc(Br)cs1)N1CCCC1C(N)=O. The Morgan fingerprint density at radius 1 is 1.68 bits per heavy atom. The van der Waals surface area contributed by atoms with Crippen molar-refractivity contribution in [2.24, 2.45) is 11.5 Å². The molecule has 1 aliphatic rings. The van der Waals surface area contributed by atoms with Gasteiger partial charge in [0.25, 0.3) is 0 Å². The van der Waals surface area contributed by atoms with Crippen molar-refractivity contribution in [1.82, 2.24) is 4.90 Å². The second-order valence-electron chi connectivity index (χ2n) is 4.98. The van der Waals surface area contributed by atoms with Gasteiger partial charge in [-0.2, -0.15) is 0 Å². The summed E-state index contributed by atoms with van der Waals surface area (Å²) < 4.78 is 1.07. The highest BCUT2D eigenvalue weighted by molar-refractivity contribution is 9.10. The van der Waals surface area contributed by atoms with Gasteiger partial charge in [0.05, 0.1) is 12.1 Å². The van der Waals surface area contributed by atoms with Gasteiger partial charge >= 0.3 is 0 Å². The summed E-state index contributed by atoms with van der Waals surface area (Å²) in [6, 6.07) is 2.02. The van der Waals surface area contributed by atoms with E-state index in [-0.39, 0.29) is 24.0 Å². The van der Waals surface area contributed by atoms with Gasteiger partial charge in [0, 0.05) is 20.8 Å². The van der Waals surface area contributed by atoms with E-state index in [1.54, 1.807) is 11.3 Å². The Morgan fingerprint density at radius 3 is 2.95 bits per heavy atom. The van der Waals surface area contributed by atoms with Crippen molar-refractivity contribution in [1.29, 1.82) is 0 Å². The highest BCUT2D eigenvalue weighted by Gasteiger charge is 2.37. The van der Waals surface area contributed by atoms with Crippen LogP contribution in [0.25, 0.3) is 0 Å². The molecule has 4 N–H and O–H groups in total. The number of thiophene rings is 1. The molecule has 0 radical (unpaired) electrons. The maximum absolute atomic E-state index is 11.6. The summed E-state index contributed by atoms with van der Waals surface area (Å²) in [6.45, 7) is 2.97. The number of likely N-dealkylation sites (tertiary alicyclic amines) is 1. The maximum Gasteiger partial charge on any atom is 0.234 e. The number of halogens is 1. The van der Waals surface area contributed by atoms with Crippen LogP contribution in [0.5, 0.6) is 0 Å². The fraction of sp³-hybridized carbons (Fsp3) is 0.615. The van der Waals surface area contributed by atoms with Crippen molar-refractivity contribution in [3.8, 4) is 0 Å². The Labute approximate surface area is 126 Å². The molecule has 1 aromatic rings. The molecule has 4 nitrogen and oxygen atoms in total. The van der Waals surface area contributed by atoms with E-state index in [1.807, 2.05) is 0 Å². The van der Waals surface area contributed by atoms with Crippen LogP contribution >= 0.6 is 27.3 Å². The number of rotatable bonds is 5. The van der Waals surface area contributed by atoms with E-state index >= 15 is 0 Å². The molecular weight excluding hydrogens is 326 g/mol. The quantitative estimate of drug-likeness (QED) is 0.859. The molecule has 0 bridgehead atoms. The first-order valence-corrected chi connectivity index (χ1v) is 8.26. The number of amides is 1. The molecule has 0 spiro atoms. The average Bonchev–Trinajstić information content (AvgIpc) is 2.99. The average molecular weight is 346 g/mol. The molecule has 1 saturated heterocycles. The Balaban J connectivity index is 2.30. The molecular formula is C13H20BrN3OS. The van der Waals surface area contributed by atoms with Crippen LogP contribution in [0, 0.1) is 0 Å². The van der Waals surface area contributed by atoms with E-state index < -0.39 is 0 Å². The van der Waals surface area contributed by atoms with E-state index in [0.717, 1.165) is 30.3 Å². The first kappa shape index (κ1) is 15.0. The second kappa shape index (κ2) is 6.35. The van der Waals surface area contributed by atoms with Gasteiger partial charge in [0.15, 0.2) is 0 Å². The van der Waals surface area contributed by atoms with Crippen molar-refractivity contribution in [2.75, 3.05) is 6.54 Å². The third kappa shape index (κ3) is 3.18. The minimum absolute atomic E-state index is 0.0190. The van der Waals surface area contributed by atoms with E-state index in [4.69, 9.17) is 11.5 Å². The lowest BCUT2D eigenvalue weighted by atomic mass is 10.0. The number of hydrogen-bond acceptors (Lipinski definition) is 4. The zero-order chi connectivity index (χ0) is 14.0. The topological polar surface area (TPSA) is 72.3 Å². The molecule has 19 heavy (non-hydrogen) atoms. The summed E-state index contributed by atoms with van der Waals surface area (Å²) in [4.78, 5) is 15.0. The molecule has 6 heteroatoms. The van der Waals surface area contributed by atoms with Gasteiger partial charge in [-0.05, 0) is 47.8 Å². The number of hydrogen-bond donors (Lipinski definition) is 2. The van der Waals surface area contributed by atoms with Gasteiger partial charge in [0.2, 0.25) is 5.91 Å². The van der Waals surface area contributed by atoms with Crippen LogP contribution in [0.15, 0.2) is 15.9 Å². The molecule has 0 aromatic carbocycles. The summed E-state index contributed by atoms with van der Waals surface area (Å²) in [5, 5.41) is 2.06. The zero-order valence-corrected chi connectivity index (χ0v) is 13.4. The van der Waals surface area contributed by atoms with Crippen LogP contribution in [0.4, 0.5) is 0 Å². The van der Waals surface area contributed by atoms with Gasteiger partial charge in [-0.3, -0.25) is 9.69 Å². The predicted octanol–water partition coefficient (Wildman–Crippen LogP) is 2.24. The van der Waals surface area contributed by atoms with Crippen LogP contribution in [-0.2, 0) is 4.79 Å². The normalized spacial score (nSPS) is 23.4. The summed E-state index contributed by atoms with van der Waals surface area (Å²) in [5.74, 6) is -0.235. The molecule has 3 unspecified atom stereocenters. The lowest BCUT2D eigenvalue weighted by Gasteiger charge is -2.34. The van der Waals surface area contributed by atoms with Crippen molar-refractivity contribution in [2.45, 2.75) is 44.3 Å². The third-order valence-corrected chi connectivity index (χ3v) is 5.50. The Hall–Kier alpha value is -0.430. The van der Waals surface area contributed by atoms with Crippen LogP contribution < -0.4 is 11.5 Å². The summed E-state index contributed by atoms with van der Waals surface area (Å²) in [6.07, 6.45) is 2.73. The van der Waals surface area contributed by atoms with Crippen molar-refractivity contribution in [3.63, 3.8) is 0 Å². The van der Waals surface area contributed by atoms with Crippen LogP contribution in [0.2, 0.25) is 0 Å². The van der Waals surface area contributed by atoms with Gasteiger partial charge in [0.1, 0.15) is 0 Å². The van der Waals surface area contributed by atoms with E-state index in [2.05, 4.69) is 39.2 Å². The molecule has 1 aliphatic heterocycles. The minimum atomic E-state index is -0.235. The standard InChI is InChI=1S/C13H20BrN3OS/c1-2-9(15)12(11-6-8(14)7-19-11)17-5-3-4-10(17)13(16)18/h6-7,9-10,12H,2-5,15H2,1H3,(H2,16,18). The van der Waals surface area contributed by atoms with Crippen molar-refractivity contribution >= 4 is 33.2 Å². The van der Waals surface area contributed by atoms with E-state index in [1.165, 1.54) is 4.88 Å². The van der Waals surface area contributed by atoms with Gasteiger partial charge < -0.3 is 11.5 Å². The molecule has 1 aromatic heterocycles. The molecule has 0 aliphatic carbocycles. The van der Waals surface area contributed by atoms with Gasteiger partial charge in [-0.25, -0.2) is 0 Å².